The normalized spacial score (nSPS) is 10.1. The van der Waals surface area contributed by atoms with E-state index in [9.17, 15) is 9.18 Å². The average molecular weight is 246 g/mol. The number of ketones is 1. The molecule has 0 amide bonds. The van der Waals surface area contributed by atoms with Gasteiger partial charge in [0.1, 0.15) is 5.82 Å². The highest BCUT2D eigenvalue weighted by Crippen LogP contribution is 2.19. The van der Waals surface area contributed by atoms with E-state index in [4.69, 9.17) is 5.73 Å². The van der Waals surface area contributed by atoms with Crippen molar-refractivity contribution in [1.82, 2.24) is 0 Å². The van der Waals surface area contributed by atoms with Gasteiger partial charge in [0.2, 0.25) is 0 Å². The fourth-order valence-corrected chi connectivity index (χ4v) is 1.55. The number of benzene rings is 1. The number of hydrogen-bond donors (Lipinski definition) is 1. The van der Waals surface area contributed by atoms with Crippen LogP contribution in [0.1, 0.15) is 16.8 Å². The molecule has 2 nitrogen and oxygen atoms in total. The minimum atomic E-state index is -0.365. The van der Waals surface area contributed by atoms with Crippen LogP contribution in [0.4, 0.5) is 4.39 Å². The number of nitrogens with two attached hydrogens (primary N) is 1. The van der Waals surface area contributed by atoms with Gasteiger partial charge in [0, 0.05) is 16.5 Å². The van der Waals surface area contributed by atoms with E-state index in [-0.39, 0.29) is 18.0 Å². The van der Waals surface area contributed by atoms with Crippen molar-refractivity contribution in [3.8, 4) is 0 Å². The summed E-state index contributed by atoms with van der Waals surface area (Å²) in [5.74, 6) is -0.439. The Kier molecular flexibility index (Phi) is 3.57. The van der Waals surface area contributed by atoms with E-state index in [0.29, 0.717) is 16.6 Å². The second kappa shape index (κ2) is 4.48. The highest BCUT2D eigenvalue weighted by atomic mass is 79.9. The first kappa shape index (κ1) is 10.3. The summed E-state index contributed by atoms with van der Waals surface area (Å²) in [7, 11) is 0. The molecule has 4 heteroatoms. The molecular weight excluding hydrogens is 237 g/mol. The Morgan fingerprint density at radius 2 is 2.23 bits per heavy atom. The molecule has 0 aliphatic heterocycles. The summed E-state index contributed by atoms with van der Waals surface area (Å²) in [5.41, 5.74) is 5.72. The van der Waals surface area contributed by atoms with E-state index in [1.54, 1.807) is 0 Å². The van der Waals surface area contributed by atoms with Crippen LogP contribution in [0.5, 0.6) is 0 Å². The van der Waals surface area contributed by atoms with E-state index in [1.807, 2.05) is 0 Å². The molecule has 0 aromatic heterocycles. The van der Waals surface area contributed by atoms with Gasteiger partial charge in [-0.15, -0.1) is 0 Å². The Morgan fingerprint density at radius 3 is 2.77 bits per heavy atom. The van der Waals surface area contributed by atoms with Crippen molar-refractivity contribution < 1.29 is 9.18 Å². The SMILES string of the molecule is NCCC(=O)c1ccc(F)cc1Br. The van der Waals surface area contributed by atoms with Crippen LogP contribution in [0.3, 0.4) is 0 Å². The number of hydrogen-bond acceptors (Lipinski definition) is 2. The molecule has 0 spiro atoms. The first-order valence-corrected chi connectivity index (χ1v) is 4.62. The van der Waals surface area contributed by atoms with Crippen molar-refractivity contribution in [2.45, 2.75) is 6.42 Å². The van der Waals surface area contributed by atoms with Gasteiger partial charge in [-0.1, -0.05) is 0 Å². The van der Waals surface area contributed by atoms with E-state index in [2.05, 4.69) is 15.9 Å². The van der Waals surface area contributed by atoms with Crippen LogP contribution in [0.2, 0.25) is 0 Å². The number of halogens is 2. The molecule has 0 radical (unpaired) electrons. The summed E-state index contributed by atoms with van der Waals surface area (Å²) < 4.78 is 13.1. The molecule has 1 rings (SSSR count). The van der Waals surface area contributed by atoms with Gasteiger partial charge in [-0.25, -0.2) is 4.39 Å². The van der Waals surface area contributed by atoms with Crippen molar-refractivity contribution in [1.29, 1.82) is 0 Å². The first-order chi connectivity index (χ1) is 6.15. The van der Waals surface area contributed by atoms with Crippen molar-refractivity contribution in [3.05, 3.63) is 34.1 Å². The lowest BCUT2D eigenvalue weighted by molar-refractivity contribution is 0.0984. The van der Waals surface area contributed by atoms with Crippen LogP contribution in [-0.2, 0) is 0 Å². The second-order valence-electron chi connectivity index (χ2n) is 2.59. The molecule has 0 aliphatic carbocycles. The van der Waals surface area contributed by atoms with Gasteiger partial charge in [0.05, 0.1) is 0 Å². The van der Waals surface area contributed by atoms with E-state index in [0.717, 1.165) is 0 Å². The highest BCUT2D eigenvalue weighted by Gasteiger charge is 2.09. The van der Waals surface area contributed by atoms with Gasteiger partial charge in [-0.3, -0.25) is 4.79 Å². The smallest absolute Gasteiger partial charge is 0.165 e. The Hall–Kier alpha value is -0.740. The molecule has 2 N–H and O–H groups in total. The number of Topliss-reactive ketones (excluding diaryl/α,β-unsaturated/α-hetero) is 1. The number of carbonyl (C=O) groups excluding carboxylic acids is 1. The minimum Gasteiger partial charge on any atom is -0.330 e. The van der Waals surface area contributed by atoms with Crippen LogP contribution >= 0.6 is 15.9 Å². The summed E-state index contributed by atoms with van der Waals surface area (Å²) in [5, 5.41) is 0. The van der Waals surface area contributed by atoms with Crippen molar-refractivity contribution in [2.24, 2.45) is 5.73 Å². The molecule has 70 valence electrons. The summed E-state index contributed by atoms with van der Waals surface area (Å²) in [6, 6.07) is 3.98. The number of rotatable bonds is 3. The number of carbonyl (C=O) groups is 1. The second-order valence-corrected chi connectivity index (χ2v) is 3.44. The molecule has 0 bridgehead atoms. The van der Waals surface area contributed by atoms with Crippen molar-refractivity contribution >= 4 is 21.7 Å². The predicted octanol–water partition coefficient (Wildman–Crippen LogP) is 2.12. The third kappa shape index (κ3) is 2.60. The third-order valence-electron chi connectivity index (χ3n) is 1.60. The predicted molar refractivity (Wildman–Crippen MR) is 52.1 cm³/mol. The van der Waals surface area contributed by atoms with Crippen LogP contribution in [-0.4, -0.2) is 12.3 Å². The fourth-order valence-electron chi connectivity index (χ4n) is 0.981. The summed E-state index contributed by atoms with van der Waals surface area (Å²) in [6.07, 6.45) is 0.282. The monoisotopic (exact) mass is 245 g/mol. The minimum absolute atomic E-state index is 0.0747. The van der Waals surface area contributed by atoms with Crippen molar-refractivity contribution in [2.75, 3.05) is 6.54 Å². The van der Waals surface area contributed by atoms with Crippen LogP contribution < -0.4 is 5.73 Å². The maximum Gasteiger partial charge on any atom is 0.165 e. The van der Waals surface area contributed by atoms with Gasteiger partial charge in [-0.2, -0.15) is 0 Å². The van der Waals surface area contributed by atoms with E-state index < -0.39 is 0 Å². The summed E-state index contributed by atoms with van der Waals surface area (Å²) in [4.78, 5) is 11.3. The lowest BCUT2D eigenvalue weighted by Gasteiger charge is -2.01. The average Bonchev–Trinajstić information content (AvgIpc) is 2.04. The Labute approximate surface area is 84.1 Å². The van der Waals surface area contributed by atoms with Gasteiger partial charge in [-0.05, 0) is 40.7 Å². The first-order valence-electron chi connectivity index (χ1n) is 3.83. The molecule has 13 heavy (non-hydrogen) atoms. The zero-order valence-electron chi connectivity index (χ0n) is 6.89. The van der Waals surface area contributed by atoms with E-state index >= 15 is 0 Å². The van der Waals surface area contributed by atoms with E-state index in [1.165, 1.54) is 18.2 Å². The molecule has 0 fully saturated rings. The zero-order chi connectivity index (χ0) is 9.84. The van der Waals surface area contributed by atoms with Gasteiger partial charge in [0.25, 0.3) is 0 Å². The largest absolute Gasteiger partial charge is 0.330 e. The lowest BCUT2D eigenvalue weighted by atomic mass is 10.1. The Bertz CT molecular complexity index is 327. The van der Waals surface area contributed by atoms with Crippen LogP contribution in [0.15, 0.2) is 22.7 Å². The van der Waals surface area contributed by atoms with Crippen LogP contribution in [0, 0.1) is 5.82 Å². The summed E-state index contributed by atoms with van der Waals surface area (Å²) >= 11 is 3.12. The third-order valence-corrected chi connectivity index (χ3v) is 2.26. The van der Waals surface area contributed by atoms with Crippen LogP contribution in [0.25, 0.3) is 0 Å². The molecular formula is C9H9BrFNO. The van der Waals surface area contributed by atoms with Gasteiger partial charge >= 0.3 is 0 Å². The molecule has 0 saturated heterocycles. The Balaban J connectivity index is 2.95. The van der Waals surface area contributed by atoms with Gasteiger partial charge < -0.3 is 5.73 Å². The maximum atomic E-state index is 12.6. The highest BCUT2D eigenvalue weighted by molar-refractivity contribution is 9.10. The molecule has 1 aromatic rings. The standard InChI is InChI=1S/C9H9BrFNO/c10-8-5-6(11)1-2-7(8)9(13)3-4-12/h1-2,5H,3-4,12H2. The summed E-state index contributed by atoms with van der Waals surface area (Å²) in [6.45, 7) is 0.308. The topological polar surface area (TPSA) is 43.1 Å². The molecule has 0 unspecified atom stereocenters. The van der Waals surface area contributed by atoms with Gasteiger partial charge in [0.15, 0.2) is 5.78 Å². The maximum absolute atomic E-state index is 12.6. The molecule has 0 atom stereocenters. The molecule has 1 aromatic carbocycles. The quantitative estimate of drug-likeness (QED) is 0.830. The van der Waals surface area contributed by atoms with Crippen molar-refractivity contribution in [3.63, 3.8) is 0 Å². The Morgan fingerprint density at radius 1 is 1.54 bits per heavy atom. The lowest BCUT2D eigenvalue weighted by Crippen LogP contribution is -2.08. The molecule has 0 aliphatic rings. The molecule has 0 heterocycles. The zero-order valence-corrected chi connectivity index (χ0v) is 8.47. The molecule has 0 saturated carbocycles. The fraction of sp³-hybridized carbons (Fsp3) is 0.222.